The second-order valence-corrected chi connectivity index (χ2v) is 8.71. The third kappa shape index (κ3) is 3.40. The van der Waals surface area contributed by atoms with E-state index in [9.17, 15) is 4.79 Å². The zero-order valence-electron chi connectivity index (χ0n) is 15.4. The first-order chi connectivity index (χ1) is 14.1. The predicted octanol–water partition coefficient (Wildman–Crippen LogP) is 4.78. The minimum atomic E-state index is -0.298. The van der Waals surface area contributed by atoms with E-state index in [1.165, 1.54) is 11.3 Å². The monoisotopic (exact) mass is 469 g/mol. The van der Waals surface area contributed by atoms with Crippen molar-refractivity contribution in [3.8, 4) is 11.4 Å². The molecule has 2 aromatic carbocycles. The van der Waals surface area contributed by atoms with Gasteiger partial charge in [0.2, 0.25) is 0 Å². The van der Waals surface area contributed by atoms with E-state index in [0.717, 1.165) is 38.9 Å². The summed E-state index contributed by atoms with van der Waals surface area (Å²) >= 11 is 4.85. The highest BCUT2D eigenvalue weighted by Crippen LogP contribution is 2.42. The van der Waals surface area contributed by atoms with Gasteiger partial charge in [-0.1, -0.05) is 38.5 Å². The zero-order valence-corrected chi connectivity index (χ0v) is 17.8. The first kappa shape index (κ1) is 18.3. The summed E-state index contributed by atoms with van der Waals surface area (Å²) in [5.41, 5.74) is 2.81. The van der Waals surface area contributed by atoms with Gasteiger partial charge in [-0.2, -0.15) is 0 Å². The van der Waals surface area contributed by atoms with Crippen LogP contribution in [0.1, 0.15) is 34.9 Å². The van der Waals surface area contributed by atoms with Gasteiger partial charge in [0, 0.05) is 10.4 Å². The quantitative estimate of drug-likeness (QED) is 0.454. The summed E-state index contributed by atoms with van der Waals surface area (Å²) in [6.07, 6.45) is 2.06. The molecular weight excluding hydrogens is 454 g/mol. The molecule has 29 heavy (non-hydrogen) atoms. The highest BCUT2D eigenvalue weighted by molar-refractivity contribution is 9.10. The van der Waals surface area contributed by atoms with Gasteiger partial charge >= 0.3 is 0 Å². The highest BCUT2D eigenvalue weighted by Gasteiger charge is 2.34. The maximum Gasteiger partial charge on any atom is 0.279 e. The number of benzene rings is 2. The number of halogens is 1. The van der Waals surface area contributed by atoms with Gasteiger partial charge in [-0.05, 0) is 49.2 Å². The van der Waals surface area contributed by atoms with E-state index < -0.39 is 0 Å². The second-order valence-electron chi connectivity index (χ2n) is 6.77. The smallest absolute Gasteiger partial charge is 0.279 e. The molecule has 0 aliphatic heterocycles. The number of nitrogens with zero attached hydrogens (tertiary/aromatic N) is 4. The number of carbonyl (C=O) groups excluding carboxylic acids is 1. The number of ether oxygens (including phenoxy) is 1. The van der Waals surface area contributed by atoms with E-state index in [4.69, 9.17) is 4.74 Å². The summed E-state index contributed by atoms with van der Waals surface area (Å²) in [6, 6.07) is 13.5. The number of para-hydroxylation sites is 1. The van der Waals surface area contributed by atoms with Crippen molar-refractivity contribution in [2.24, 2.45) is 0 Å². The van der Waals surface area contributed by atoms with E-state index in [0.29, 0.717) is 22.5 Å². The summed E-state index contributed by atoms with van der Waals surface area (Å²) in [4.78, 5) is 17.5. The lowest BCUT2D eigenvalue weighted by atomic mass is 10.2. The molecule has 0 spiro atoms. The fourth-order valence-electron chi connectivity index (χ4n) is 3.24. The van der Waals surface area contributed by atoms with Crippen LogP contribution in [0.25, 0.3) is 15.9 Å². The van der Waals surface area contributed by atoms with Crippen molar-refractivity contribution in [3.63, 3.8) is 0 Å². The van der Waals surface area contributed by atoms with Crippen LogP contribution in [-0.4, -0.2) is 33.0 Å². The van der Waals surface area contributed by atoms with E-state index >= 15 is 0 Å². The van der Waals surface area contributed by atoms with Crippen molar-refractivity contribution < 1.29 is 9.53 Å². The fraction of sp³-hybridized carbons (Fsp3) is 0.200. The number of aromatic nitrogens is 4. The fourth-order valence-corrected chi connectivity index (χ4v) is 4.39. The molecule has 9 heteroatoms. The Morgan fingerprint density at radius 2 is 2.03 bits per heavy atom. The molecule has 1 N–H and O–H groups in total. The SMILES string of the molecule is COc1cccc2sc(NC(=O)c3nnn(-c4ccc(Br)cc4)c3C3CC3)nc12. The number of anilines is 1. The molecule has 4 aromatic rings. The Labute approximate surface area is 178 Å². The number of amides is 1. The lowest BCUT2D eigenvalue weighted by Crippen LogP contribution is -2.15. The van der Waals surface area contributed by atoms with Crippen LogP contribution in [0.3, 0.4) is 0 Å². The number of hydrogen-bond acceptors (Lipinski definition) is 6. The molecule has 0 unspecified atom stereocenters. The van der Waals surface area contributed by atoms with Gasteiger partial charge in [0.15, 0.2) is 10.8 Å². The number of carbonyl (C=O) groups is 1. The number of nitrogens with one attached hydrogen (secondary N) is 1. The third-order valence-electron chi connectivity index (χ3n) is 4.78. The molecule has 0 radical (unpaired) electrons. The molecule has 146 valence electrons. The molecule has 1 fully saturated rings. The lowest BCUT2D eigenvalue weighted by Gasteiger charge is -2.07. The molecule has 1 saturated carbocycles. The minimum absolute atomic E-state index is 0.296. The van der Waals surface area contributed by atoms with Gasteiger partial charge in [-0.25, -0.2) is 9.67 Å². The van der Waals surface area contributed by atoms with E-state index in [1.54, 1.807) is 11.8 Å². The predicted molar refractivity (Wildman–Crippen MR) is 115 cm³/mol. The molecule has 2 aromatic heterocycles. The van der Waals surface area contributed by atoms with E-state index in [-0.39, 0.29) is 5.91 Å². The standard InChI is InChI=1S/C20H16BrN5O2S/c1-28-14-3-2-4-15-16(14)22-20(29-15)23-19(27)17-18(11-5-6-11)26(25-24-17)13-9-7-12(21)8-10-13/h2-4,7-11H,5-6H2,1H3,(H,22,23,27). The topological polar surface area (TPSA) is 81.9 Å². The molecule has 0 saturated heterocycles. The van der Waals surface area contributed by atoms with E-state index in [1.807, 2.05) is 42.5 Å². The van der Waals surface area contributed by atoms with Crippen LogP contribution in [0, 0.1) is 0 Å². The van der Waals surface area contributed by atoms with Crippen LogP contribution >= 0.6 is 27.3 Å². The Bertz CT molecular complexity index is 1210. The maximum absolute atomic E-state index is 13.0. The van der Waals surface area contributed by atoms with Crippen LogP contribution in [0.4, 0.5) is 5.13 Å². The average molecular weight is 470 g/mol. The van der Waals surface area contributed by atoms with Crippen molar-refractivity contribution in [1.82, 2.24) is 20.0 Å². The second kappa shape index (κ2) is 7.23. The number of fused-ring (bicyclic) bond motifs is 1. The van der Waals surface area contributed by atoms with Gasteiger partial charge in [0.25, 0.3) is 5.91 Å². The largest absolute Gasteiger partial charge is 0.494 e. The van der Waals surface area contributed by atoms with Gasteiger partial charge in [-0.3, -0.25) is 10.1 Å². The van der Waals surface area contributed by atoms with Crippen molar-refractivity contribution in [2.45, 2.75) is 18.8 Å². The zero-order chi connectivity index (χ0) is 20.0. The maximum atomic E-state index is 13.0. The lowest BCUT2D eigenvalue weighted by molar-refractivity contribution is 0.102. The van der Waals surface area contributed by atoms with Gasteiger partial charge in [-0.15, -0.1) is 5.10 Å². The van der Waals surface area contributed by atoms with Crippen molar-refractivity contribution in [3.05, 3.63) is 58.3 Å². The minimum Gasteiger partial charge on any atom is -0.494 e. The summed E-state index contributed by atoms with van der Waals surface area (Å²) in [7, 11) is 1.61. The summed E-state index contributed by atoms with van der Waals surface area (Å²) in [6.45, 7) is 0. The molecule has 5 rings (SSSR count). The van der Waals surface area contributed by atoms with Crippen molar-refractivity contribution >= 4 is 48.5 Å². The first-order valence-electron chi connectivity index (χ1n) is 9.10. The normalized spacial score (nSPS) is 13.6. The van der Waals surface area contributed by atoms with E-state index in [2.05, 4.69) is 36.5 Å². The molecule has 0 bridgehead atoms. The molecular formula is C20H16BrN5O2S. The molecule has 7 nitrogen and oxygen atoms in total. The number of thiazole rings is 1. The van der Waals surface area contributed by atoms with Gasteiger partial charge in [0.1, 0.15) is 11.3 Å². The Morgan fingerprint density at radius 1 is 1.24 bits per heavy atom. The van der Waals surface area contributed by atoms with Crippen LogP contribution in [0.5, 0.6) is 5.75 Å². The molecule has 1 aliphatic rings. The molecule has 1 amide bonds. The molecule has 1 aliphatic carbocycles. The Kier molecular flexibility index (Phi) is 4.56. The summed E-state index contributed by atoms with van der Waals surface area (Å²) in [5, 5.41) is 11.9. The molecule has 0 atom stereocenters. The van der Waals surface area contributed by atoms with Crippen LogP contribution in [0.2, 0.25) is 0 Å². The van der Waals surface area contributed by atoms with Crippen molar-refractivity contribution in [2.75, 3.05) is 12.4 Å². The highest BCUT2D eigenvalue weighted by atomic mass is 79.9. The van der Waals surface area contributed by atoms with Crippen molar-refractivity contribution in [1.29, 1.82) is 0 Å². The van der Waals surface area contributed by atoms with Crippen LogP contribution in [0.15, 0.2) is 46.9 Å². The third-order valence-corrected chi connectivity index (χ3v) is 6.24. The summed E-state index contributed by atoms with van der Waals surface area (Å²) in [5.74, 6) is 0.678. The Hall–Kier alpha value is -2.78. The van der Waals surface area contributed by atoms with Gasteiger partial charge in [0.05, 0.1) is 23.2 Å². The number of methoxy groups -OCH3 is 1. The van der Waals surface area contributed by atoms with Crippen LogP contribution in [-0.2, 0) is 0 Å². The first-order valence-corrected chi connectivity index (χ1v) is 10.7. The summed E-state index contributed by atoms with van der Waals surface area (Å²) < 4.78 is 9.05. The number of rotatable bonds is 5. The number of hydrogen-bond donors (Lipinski definition) is 1. The Morgan fingerprint density at radius 3 is 2.76 bits per heavy atom. The van der Waals surface area contributed by atoms with Gasteiger partial charge < -0.3 is 4.74 Å². The molecule has 2 heterocycles. The van der Waals surface area contributed by atoms with Crippen LogP contribution < -0.4 is 10.1 Å². The Balaban J connectivity index is 1.48. The average Bonchev–Trinajstić information content (AvgIpc) is 3.32.